The van der Waals surface area contributed by atoms with Gasteiger partial charge in [-0.05, 0) is 26.9 Å². The highest BCUT2D eigenvalue weighted by molar-refractivity contribution is 5.81. The number of likely N-dealkylation sites (N-methyl/N-ethyl adjacent to an activating group) is 1. The van der Waals surface area contributed by atoms with E-state index in [0.29, 0.717) is 32.0 Å². The molecular weight excluding hydrogens is 394 g/mol. The van der Waals surface area contributed by atoms with Gasteiger partial charge >= 0.3 is 0 Å². The lowest BCUT2D eigenvalue weighted by atomic mass is 9.90. The quantitative estimate of drug-likeness (QED) is 0.716. The summed E-state index contributed by atoms with van der Waals surface area (Å²) in [5.41, 5.74) is 3.66. The van der Waals surface area contributed by atoms with E-state index < -0.39 is 0 Å². The van der Waals surface area contributed by atoms with Crippen LogP contribution in [-0.4, -0.2) is 92.6 Å². The van der Waals surface area contributed by atoms with Gasteiger partial charge in [-0.1, -0.05) is 0 Å². The lowest BCUT2D eigenvalue weighted by molar-refractivity contribution is -0.137. The van der Waals surface area contributed by atoms with Crippen LogP contribution >= 0.6 is 0 Å². The number of amides is 2. The van der Waals surface area contributed by atoms with Gasteiger partial charge in [0.1, 0.15) is 6.33 Å². The second kappa shape index (κ2) is 8.74. The summed E-state index contributed by atoms with van der Waals surface area (Å²) >= 11 is 0. The van der Waals surface area contributed by atoms with Crippen LogP contribution in [0.4, 0.5) is 0 Å². The topological polar surface area (TPSA) is 87.5 Å². The van der Waals surface area contributed by atoms with E-state index >= 15 is 0 Å². The Hall–Kier alpha value is -2.81. The Labute approximate surface area is 183 Å². The molecule has 9 nitrogen and oxygen atoms in total. The zero-order valence-corrected chi connectivity index (χ0v) is 18.8. The lowest BCUT2D eigenvalue weighted by Gasteiger charge is -2.32. The molecule has 2 atom stereocenters. The van der Waals surface area contributed by atoms with Gasteiger partial charge in [0.15, 0.2) is 0 Å². The van der Waals surface area contributed by atoms with Crippen molar-refractivity contribution in [2.75, 3.05) is 40.3 Å². The van der Waals surface area contributed by atoms with Crippen molar-refractivity contribution >= 4 is 11.8 Å². The molecule has 0 bridgehead atoms. The minimum Gasteiger partial charge on any atom is -0.342 e. The molecule has 2 aliphatic heterocycles. The molecule has 4 heterocycles. The van der Waals surface area contributed by atoms with Crippen LogP contribution < -0.4 is 0 Å². The molecule has 1 fully saturated rings. The molecule has 2 aromatic rings. The SMILES string of the molecule is CC(=O)N1CCc2ncnc(-c3cnn(C)c3)c2C[C@@H](C(=O)N2CC[C@@H](N(C)C)C2)C1. The molecule has 2 aromatic heterocycles. The number of likely N-dealkylation sites (tertiary alicyclic amines) is 1. The molecule has 0 N–H and O–H groups in total. The van der Waals surface area contributed by atoms with Gasteiger partial charge in [0, 0.05) is 75.6 Å². The van der Waals surface area contributed by atoms with E-state index in [2.05, 4.69) is 34.1 Å². The Morgan fingerprint density at radius 3 is 2.58 bits per heavy atom. The largest absolute Gasteiger partial charge is 0.342 e. The predicted octanol–water partition coefficient (Wildman–Crippen LogP) is 0.603. The maximum absolute atomic E-state index is 13.6. The Morgan fingerprint density at radius 1 is 1.13 bits per heavy atom. The number of fused-ring (bicyclic) bond motifs is 1. The molecule has 0 spiro atoms. The first-order chi connectivity index (χ1) is 14.8. The maximum atomic E-state index is 13.6. The van der Waals surface area contributed by atoms with Crippen molar-refractivity contribution < 1.29 is 9.59 Å². The number of hydrogen-bond donors (Lipinski definition) is 0. The monoisotopic (exact) mass is 425 g/mol. The second-order valence-electron chi connectivity index (χ2n) is 8.86. The van der Waals surface area contributed by atoms with E-state index in [1.54, 1.807) is 29.0 Å². The van der Waals surface area contributed by atoms with Crippen molar-refractivity contribution in [1.82, 2.24) is 34.4 Å². The predicted molar refractivity (Wildman–Crippen MR) is 116 cm³/mol. The smallest absolute Gasteiger partial charge is 0.227 e. The molecule has 4 rings (SSSR count). The molecule has 2 amide bonds. The van der Waals surface area contributed by atoms with Gasteiger partial charge in [0.05, 0.1) is 17.8 Å². The average Bonchev–Trinajstić information content (AvgIpc) is 3.37. The molecule has 0 aromatic carbocycles. The Balaban J connectivity index is 1.67. The number of aromatic nitrogens is 4. The van der Waals surface area contributed by atoms with E-state index in [9.17, 15) is 9.59 Å². The number of nitrogens with zero attached hydrogens (tertiary/aromatic N) is 7. The van der Waals surface area contributed by atoms with E-state index in [1.807, 2.05) is 18.1 Å². The summed E-state index contributed by atoms with van der Waals surface area (Å²) in [6, 6.07) is 0.378. The molecule has 166 valence electrons. The van der Waals surface area contributed by atoms with E-state index in [0.717, 1.165) is 42.0 Å². The zero-order valence-electron chi connectivity index (χ0n) is 18.8. The van der Waals surface area contributed by atoms with Crippen molar-refractivity contribution in [3.63, 3.8) is 0 Å². The zero-order chi connectivity index (χ0) is 22.1. The molecule has 0 saturated carbocycles. The number of rotatable bonds is 3. The van der Waals surface area contributed by atoms with Crippen LogP contribution in [0.1, 0.15) is 24.6 Å². The first-order valence-electron chi connectivity index (χ1n) is 10.9. The maximum Gasteiger partial charge on any atom is 0.227 e. The van der Waals surface area contributed by atoms with Gasteiger partial charge in [-0.3, -0.25) is 14.3 Å². The Morgan fingerprint density at radius 2 is 1.94 bits per heavy atom. The van der Waals surface area contributed by atoms with Crippen molar-refractivity contribution in [3.05, 3.63) is 30.0 Å². The van der Waals surface area contributed by atoms with Crippen LogP contribution in [0.3, 0.4) is 0 Å². The fourth-order valence-electron chi connectivity index (χ4n) is 4.65. The molecule has 2 aliphatic rings. The first-order valence-corrected chi connectivity index (χ1v) is 10.9. The summed E-state index contributed by atoms with van der Waals surface area (Å²) in [6.07, 6.45) is 7.44. The van der Waals surface area contributed by atoms with Crippen LogP contribution in [0.2, 0.25) is 0 Å². The van der Waals surface area contributed by atoms with Crippen LogP contribution in [0.15, 0.2) is 18.7 Å². The van der Waals surface area contributed by atoms with Gasteiger partial charge in [0.25, 0.3) is 0 Å². The summed E-state index contributed by atoms with van der Waals surface area (Å²) in [5, 5.41) is 4.28. The fourth-order valence-corrected chi connectivity index (χ4v) is 4.65. The average molecular weight is 426 g/mol. The van der Waals surface area contributed by atoms with E-state index in [1.165, 1.54) is 0 Å². The molecular formula is C22H31N7O2. The highest BCUT2D eigenvalue weighted by atomic mass is 16.2. The molecule has 0 aliphatic carbocycles. The Kier molecular flexibility index (Phi) is 6.04. The van der Waals surface area contributed by atoms with Gasteiger partial charge < -0.3 is 14.7 Å². The highest BCUT2D eigenvalue weighted by Crippen LogP contribution is 2.29. The number of carbonyl (C=O) groups is 2. The van der Waals surface area contributed by atoms with Crippen LogP contribution in [0.5, 0.6) is 0 Å². The van der Waals surface area contributed by atoms with Gasteiger partial charge in [0.2, 0.25) is 11.8 Å². The van der Waals surface area contributed by atoms with Crippen LogP contribution in [-0.2, 0) is 29.5 Å². The molecule has 0 unspecified atom stereocenters. The number of carbonyl (C=O) groups excluding carboxylic acids is 2. The minimum absolute atomic E-state index is 0.00428. The molecule has 9 heteroatoms. The standard InChI is InChI=1S/C22H31N7O2/c1-15(30)28-8-6-20-19(21(24-14-23-20)17-10-25-27(4)11-17)9-16(12-28)22(31)29-7-5-18(13-29)26(2)3/h10-11,14,16,18H,5-9,12-13H2,1-4H3/t16-,18-/m1/s1. The van der Waals surface area contributed by atoms with Crippen molar-refractivity contribution in [3.8, 4) is 11.3 Å². The van der Waals surface area contributed by atoms with Gasteiger partial charge in [-0.15, -0.1) is 0 Å². The fraction of sp³-hybridized carbons (Fsp3) is 0.591. The summed E-state index contributed by atoms with van der Waals surface area (Å²) in [5.74, 6) is -0.204. The summed E-state index contributed by atoms with van der Waals surface area (Å²) in [4.78, 5) is 40.8. The van der Waals surface area contributed by atoms with Crippen molar-refractivity contribution in [2.45, 2.75) is 32.2 Å². The van der Waals surface area contributed by atoms with Crippen LogP contribution in [0, 0.1) is 5.92 Å². The number of hydrogen-bond acceptors (Lipinski definition) is 6. The highest BCUT2D eigenvalue weighted by Gasteiger charge is 2.35. The minimum atomic E-state index is -0.315. The van der Waals surface area contributed by atoms with Crippen molar-refractivity contribution in [1.29, 1.82) is 0 Å². The third-order valence-corrected chi connectivity index (χ3v) is 6.52. The molecule has 31 heavy (non-hydrogen) atoms. The number of aryl methyl sites for hydroxylation is 1. The third kappa shape index (κ3) is 4.46. The van der Waals surface area contributed by atoms with E-state index in [4.69, 9.17) is 0 Å². The second-order valence-corrected chi connectivity index (χ2v) is 8.86. The first kappa shape index (κ1) is 21.4. The van der Waals surface area contributed by atoms with Gasteiger partial charge in [-0.25, -0.2) is 9.97 Å². The third-order valence-electron chi connectivity index (χ3n) is 6.52. The molecule has 0 radical (unpaired) electrons. The lowest BCUT2D eigenvalue weighted by Crippen LogP contribution is -2.45. The summed E-state index contributed by atoms with van der Waals surface area (Å²) in [7, 11) is 5.99. The summed E-state index contributed by atoms with van der Waals surface area (Å²) in [6.45, 7) is 4.04. The van der Waals surface area contributed by atoms with Gasteiger partial charge in [-0.2, -0.15) is 5.10 Å². The summed E-state index contributed by atoms with van der Waals surface area (Å²) < 4.78 is 1.75. The molecule has 1 saturated heterocycles. The van der Waals surface area contributed by atoms with Crippen LogP contribution in [0.25, 0.3) is 11.3 Å². The van der Waals surface area contributed by atoms with Crippen molar-refractivity contribution in [2.24, 2.45) is 13.0 Å². The van der Waals surface area contributed by atoms with E-state index in [-0.39, 0.29) is 17.7 Å². The Bertz CT molecular complexity index is 971. The normalized spacial score (nSPS) is 21.7.